The van der Waals surface area contributed by atoms with Gasteiger partial charge in [0.15, 0.2) is 0 Å². The molecule has 0 spiro atoms. The maximum absolute atomic E-state index is 13.2. The molecule has 0 aliphatic heterocycles. The van der Waals surface area contributed by atoms with Gasteiger partial charge in [0, 0.05) is 29.0 Å². The molecule has 0 amide bonds. The van der Waals surface area contributed by atoms with Gasteiger partial charge in [-0.3, -0.25) is 4.98 Å². The molecule has 0 atom stereocenters. The van der Waals surface area contributed by atoms with Crippen LogP contribution in [0.25, 0.3) is 0 Å². The van der Waals surface area contributed by atoms with Gasteiger partial charge in [0.25, 0.3) is 0 Å². The molecule has 0 aliphatic rings. The Hall–Kier alpha value is -1.62. The highest BCUT2D eigenvalue weighted by atomic mass is 79.9. The Labute approximate surface area is 126 Å². The zero-order chi connectivity index (χ0) is 14.4. The number of nitrogens with zero attached hydrogens (tertiary/aromatic N) is 1. The van der Waals surface area contributed by atoms with Crippen LogP contribution in [-0.4, -0.2) is 11.5 Å². The number of pyridine rings is 1. The lowest BCUT2D eigenvalue weighted by atomic mass is 10.3. The van der Waals surface area contributed by atoms with Crippen molar-refractivity contribution in [3.05, 3.63) is 52.5 Å². The summed E-state index contributed by atoms with van der Waals surface area (Å²) in [7, 11) is 0. The van der Waals surface area contributed by atoms with Crippen LogP contribution < -0.4 is 10.1 Å². The van der Waals surface area contributed by atoms with Crippen molar-refractivity contribution >= 4 is 21.6 Å². The maximum atomic E-state index is 13.2. The number of aromatic nitrogens is 1. The highest BCUT2D eigenvalue weighted by molar-refractivity contribution is 9.10. The smallest absolute Gasteiger partial charge is 0.130 e. The number of rotatable bonds is 6. The molecule has 1 N–H and O–H groups in total. The first-order valence-corrected chi connectivity index (χ1v) is 7.24. The Morgan fingerprint density at radius 3 is 2.90 bits per heavy atom. The van der Waals surface area contributed by atoms with E-state index in [1.54, 1.807) is 12.3 Å². The van der Waals surface area contributed by atoms with Crippen molar-refractivity contribution in [2.24, 2.45) is 0 Å². The van der Waals surface area contributed by atoms with Crippen LogP contribution in [0.2, 0.25) is 0 Å². The minimum Gasteiger partial charge on any atom is -0.487 e. The SMILES string of the molecule is CCCNc1ccnc(COc2cc(F)cc(Br)c2)c1. The van der Waals surface area contributed by atoms with Gasteiger partial charge in [0.2, 0.25) is 0 Å². The fourth-order valence-electron chi connectivity index (χ4n) is 1.71. The molecule has 0 saturated carbocycles. The van der Waals surface area contributed by atoms with Gasteiger partial charge >= 0.3 is 0 Å². The average Bonchev–Trinajstić information content (AvgIpc) is 2.42. The van der Waals surface area contributed by atoms with Gasteiger partial charge in [0.1, 0.15) is 18.2 Å². The Bertz CT molecular complexity index is 557. The first kappa shape index (κ1) is 14.8. The van der Waals surface area contributed by atoms with Crippen molar-refractivity contribution in [2.45, 2.75) is 20.0 Å². The zero-order valence-electron chi connectivity index (χ0n) is 11.2. The molecular weight excluding hydrogens is 323 g/mol. The molecular formula is C15H16BrFN2O. The van der Waals surface area contributed by atoms with E-state index in [9.17, 15) is 4.39 Å². The lowest BCUT2D eigenvalue weighted by Crippen LogP contribution is -2.03. The van der Waals surface area contributed by atoms with Crippen molar-refractivity contribution in [2.75, 3.05) is 11.9 Å². The second-order valence-electron chi connectivity index (χ2n) is 4.36. The van der Waals surface area contributed by atoms with Crippen LogP contribution in [0.3, 0.4) is 0 Å². The van der Waals surface area contributed by atoms with Gasteiger partial charge in [-0.05, 0) is 30.7 Å². The van der Waals surface area contributed by atoms with Crippen LogP contribution >= 0.6 is 15.9 Å². The van der Waals surface area contributed by atoms with Crippen LogP contribution in [0.15, 0.2) is 41.0 Å². The Morgan fingerprint density at radius 2 is 2.15 bits per heavy atom. The normalized spacial score (nSPS) is 10.3. The summed E-state index contributed by atoms with van der Waals surface area (Å²) in [6.07, 6.45) is 2.80. The fraction of sp³-hybridized carbons (Fsp3) is 0.267. The van der Waals surface area contributed by atoms with E-state index in [1.165, 1.54) is 12.1 Å². The third kappa shape index (κ3) is 4.49. The van der Waals surface area contributed by atoms with Gasteiger partial charge in [0.05, 0.1) is 5.69 Å². The topological polar surface area (TPSA) is 34.2 Å². The van der Waals surface area contributed by atoms with Gasteiger partial charge in [-0.25, -0.2) is 4.39 Å². The second-order valence-corrected chi connectivity index (χ2v) is 5.27. The van der Waals surface area contributed by atoms with Gasteiger partial charge in [-0.2, -0.15) is 0 Å². The molecule has 106 valence electrons. The third-order valence-corrected chi connectivity index (χ3v) is 3.08. The monoisotopic (exact) mass is 338 g/mol. The summed E-state index contributed by atoms with van der Waals surface area (Å²) < 4.78 is 19.4. The van der Waals surface area contributed by atoms with Crippen molar-refractivity contribution in [3.63, 3.8) is 0 Å². The largest absolute Gasteiger partial charge is 0.487 e. The molecule has 0 fully saturated rings. The summed E-state index contributed by atoms with van der Waals surface area (Å²) in [5.41, 5.74) is 1.81. The fourth-order valence-corrected chi connectivity index (χ4v) is 2.15. The first-order chi connectivity index (χ1) is 9.67. The lowest BCUT2D eigenvalue weighted by molar-refractivity contribution is 0.299. The van der Waals surface area contributed by atoms with E-state index in [-0.39, 0.29) is 5.82 Å². The second kappa shape index (κ2) is 7.24. The molecule has 1 aromatic heterocycles. The summed E-state index contributed by atoms with van der Waals surface area (Å²) in [6, 6.07) is 8.31. The number of hydrogen-bond acceptors (Lipinski definition) is 3. The number of halogens is 2. The Balaban J connectivity index is 1.99. The summed E-state index contributed by atoms with van der Waals surface area (Å²) in [4.78, 5) is 4.24. The lowest BCUT2D eigenvalue weighted by Gasteiger charge is -2.09. The molecule has 0 aliphatic carbocycles. The van der Waals surface area contributed by atoms with E-state index >= 15 is 0 Å². The molecule has 2 aromatic rings. The number of benzene rings is 1. The number of anilines is 1. The van der Waals surface area contributed by atoms with Crippen LogP contribution in [0.5, 0.6) is 5.75 Å². The predicted octanol–water partition coefficient (Wildman–Crippen LogP) is 4.38. The zero-order valence-corrected chi connectivity index (χ0v) is 12.8. The Kier molecular flexibility index (Phi) is 5.35. The van der Waals surface area contributed by atoms with Gasteiger partial charge in [-0.1, -0.05) is 22.9 Å². The summed E-state index contributed by atoms with van der Waals surface area (Å²) >= 11 is 3.23. The summed E-state index contributed by atoms with van der Waals surface area (Å²) in [6.45, 7) is 3.33. The van der Waals surface area contributed by atoms with E-state index in [0.717, 1.165) is 24.3 Å². The summed E-state index contributed by atoms with van der Waals surface area (Å²) in [5.74, 6) is 0.145. The molecule has 5 heteroatoms. The molecule has 0 unspecified atom stereocenters. The Morgan fingerprint density at radius 1 is 1.30 bits per heavy atom. The molecule has 0 radical (unpaired) electrons. The van der Waals surface area contributed by atoms with Crippen LogP contribution in [0.4, 0.5) is 10.1 Å². The quantitative estimate of drug-likeness (QED) is 0.848. The van der Waals surface area contributed by atoms with Gasteiger partial charge in [-0.15, -0.1) is 0 Å². The number of hydrogen-bond donors (Lipinski definition) is 1. The van der Waals surface area contributed by atoms with Gasteiger partial charge < -0.3 is 10.1 Å². The molecule has 20 heavy (non-hydrogen) atoms. The molecule has 3 nitrogen and oxygen atoms in total. The molecule has 1 aromatic carbocycles. The number of nitrogens with one attached hydrogen (secondary N) is 1. The highest BCUT2D eigenvalue weighted by Gasteiger charge is 2.02. The van der Waals surface area contributed by atoms with Crippen LogP contribution in [0, 0.1) is 5.82 Å². The average molecular weight is 339 g/mol. The standard InChI is InChI=1S/C15H16BrFN2O/c1-2-4-18-13-3-5-19-14(9-13)10-20-15-7-11(16)6-12(17)8-15/h3,5-9H,2,4,10H2,1H3,(H,18,19). The van der Waals surface area contributed by atoms with Crippen molar-refractivity contribution in [3.8, 4) is 5.75 Å². The van der Waals surface area contributed by atoms with E-state index in [4.69, 9.17) is 4.74 Å². The van der Waals surface area contributed by atoms with Crippen molar-refractivity contribution in [1.29, 1.82) is 0 Å². The van der Waals surface area contributed by atoms with E-state index in [0.29, 0.717) is 16.8 Å². The van der Waals surface area contributed by atoms with E-state index in [1.807, 2.05) is 12.1 Å². The van der Waals surface area contributed by atoms with E-state index in [2.05, 4.69) is 33.2 Å². The van der Waals surface area contributed by atoms with Crippen LogP contribution in [-0.2, 0) is 6.61 Å². The number of ether oxygens (including phenoxy) is 1. The third-order valence-electron chi connectivity index (χ3n) is 2.62. The molecule has 0 saturated heterocycles. The van der Waals surface area contributed by atoms with Crippen molar-refractivity contribution < 1.29 is 9.13 Å². The molecule has 2 rings (SSSR count). The highest BCUT2D eigenvalue weighted by Crippen LogP contribution is 2.21. The maximum Gasteiger partial charge on any atom is 0.130 e. The van der Waals surface area contributed by atoms with Crippen LogP contribution in [0.1, 0.15) is 19.0 Å². The molecule has 1 heterocycles. The predicted molar refractivity (Wildman–Crippen MR) is 81.4 cm³/mol. The van der Waals surface area contributed by atoms with Crippen molar-refractivity contribution in [1.82, 2.24) is 4.98 Å². The minimum absolute atomic E-state index is 0.303. The first-order valence-electron chi connectivity index (χ1n) is 6.45. The minimum atomic E-state index is -0.333. The summed E-state index contributed by atoms with van der Waals surface area (Å²) in [5, 5.41) is 3.29. The van der Waals surface area contributed by atoms with E-state index < -0.39 is 0 Å². The molecule has 0 bridgehead atoms.